The van der Waals surface area contributed by atoms with E-state index in [4.69, 9.17) is 5.10 Å². The molecule has 6 rings (SSSR count). The van der Waals surface area contributed by atoms with E-state index in [0.29, 0.717) is 17.4 Å². The summed E-state index contributed by atoms with van der Waals surface area (Å²) in [5.74, 6) is 1.74. The minimum atomic E-state index is 0.0682. The van der Waals surface area contributed by atoms with Crippen LogP contribution in [0.1, 0.15) is 21.7 Å². The smallest absolute Gasteiger partial charge is 0.258 e. The molecular formula is C26H26N6O. The number of hydrogen-bond donors (Lipinski definition) is 0. The SMILES string of the molecule is Cc1cc(C)nc(N2CC3CN(C(=O)c4c(-c5ccccc5)nn5ccccc45)CC3C2)n1. The molecule has 2 unspecified atom stereocenters. The van der Waals surface area contributed by atoms with Crippen LogP contribution in [0, 0.1) is 25.7 Å². The number of carbonyl (C=O) groups is 1. The van der Waals surface area contributed by atoms with Crippen LogP contribution in [0.15, 0.2) is 60.8 Å². The molecule has 2 atom stereocenters. The number of aromatic nitrogens is 4. The number of anilines is 1. The number of benzene rings is 1. The first kappa shape index (κ1) is 19.9. The van der Waals surface area contributed by atoms with E-state index in [0.717, 1.165) is 60.3 Å². The Morgan fingerprint density at radius 1 is 0.879 bits per heavy atom. The molecule has 4 aromatic rings. The quantitative estimate of drug-likeness (QED) is 0.489. The molecule has 0 aliphatic carbocycles. The van der Waals surface area contributed by atoms with Gasteiger partial charge in [-0.05, 0) is 32.0 Å². The number of rotatable bonds is 3. The van der Waals surface area contributed by atoms with E-state index in [1.54, 1.807) is 0 Å². The lowest BCUT2D eigenvalue weighted by atomic mass is 10.0. The van der Waals surface area contributed by atoms with Crippen molar-refractivity contribution < 1.29 is 4.79 Å². The maximum absolute atomic E-state index is 13.8. The molecule has 166 valence electrons. The Morgan fingerprint density at radius 2 is 1.55 bits per heavy atom. The lowest BCUT2D eigenvalue weighted by Gasteiger charge is -2.22. The normalized spacial score (nSPS) is 19.9. The van der Waals surface area contributed by atoms with Gasteiger partial charge in [-0.15, -0.1) is 0 Å². The van der Waals surface area contributed by atoms with Crippen LogP contribution in [-0.4, -0.2) is 56.6 Å². The van der Waals surface area contributed by atoms with Crippen LogP contribution in [0.25, 0.3) is 16.8 Å². The fraction of sp³-hybridized carbons (Fsp3) is 0.308. The zero-order valence-corrected chi connectivity index (χ0v) is 18.8. The van der Waals surface area contributed by atoms with Crippen LogP contribution in [0.5, 0.6) is 0 Å². The van der Waals surface area contributed by atoms with Gasteiger partial charge in [0.15, 0.2) is 0 Å². The second-order valence-corrected chi connectivity index (χ2v) is 9.21. The summed E-state index contributed by atoms with van der Waals surface area (Å²) in [6.45, 7) is 7.30. The first-order valence-corrected chi connectivity index (χ1v) is 11.5. The lowest BCUT2D eigenvalue weighted by Crippen LogP contribution is -2.34. The Bertz CT molecular complexity index is 1310. The lowest BCUT2D eigenvalue weighted by molar-refractivity contribution is 0.0785. The van der Waals surface area contributed by atoms with Gasteiger partial charge in [0, 0.05) is 61.2 Å². The summed E-state index contributed by atoms with van der Waals surface area (Å²) in [6, 6.07) is 17.8. The third kappa shape index (κ3) is 3.44. The van der Waals surface area contributed by atoms with Crippen molar-refractivity contribution in [3.63, 3.8) is 0 Å². The Balaban J connectivity index is 1.27. The van der Waals surface area contributed by atoms with E-state index in [1.807, 2.05) is 84.1 Å². The van der Waals surface area contributed by atoms with Crippen LogP contribution in [0.2, 0.25) is 0 Å². The minimum Gasteiger partial charge on any atom is -0.340 e. The average molecular weight is 439 g/mol. The largest absolute Gasteiger partial charge is 0.340 e. The summed E-state index contributed by atoms with van der Waals surface area (Å²) in [4.78, 5) is 27.4. The van der Waals surface area contributed by atoms with Gasteiger partial charge in [-0.2, -0.15) is 5.10 Å². The summed E-state index contributed by atoms with van der Waals surface area (Å²) in [6.07, 6.45) is 1.90. The summed E-state index contributed by atoms with van der Waals surface area (Å²) < 4.78 is 1.81. The molecular weight excluding hydrogens is 412 g/mol. The number of amides is 1. The Hall–Kier alpha value is -3.74. The molecule has 33 heavy (non-hydrogen) atoms. The van der Waals surface area contributed by atoms with Crippen molar-refractivity contribution in [1.29, 1.82) is 0 Å². The number of hydrogen-bond acceptors (Lipinski definition) is 5. The van der Waals surface area contributed by atoms with Gasteiger partial charge in [0.2, 0.25) is 5.95 Å². The maximum Gasteiger partial charge on any atom is 0.258 e. The molecule has 1 aromatic carbocycles. The van der Waals surface area contributed by atoms with E-state index in [1.165, 1.54) is 0 Å². The van der Waals surface area contributed by atoms with E-state index in [2.05, 4.69) is 14.9 Å². The fourth-order valence-corrected chi connectivity index (χ4v) is 5.34. The molecule has 7 nitrogen and oxygen atoms in total. The zero-order valence-electron chi connectivity index (χ0n) is 18.8. The van der Waals surface area contributed by atoms with Gasteiger partial charge in [-0.25, -0.2) is 14.5 Å². The monoisotopic (exact) mass is 438 g/mol. The van der Waals surface area contributed by atoms with Gasteiger partial charge in [0.1, 0.15) is 5.69 Å². The summed E-state index contributed by atoms with van der Waals surface area (Å²) in [5.41, 5.74) is 5.23. The van der Waals surface area contributed by atoms with E-state index in [-0.39, 0.29) is 5.91 Å². The molecule has 2 saturated heterocycles. The molecule has 2 fully saturated rings. The van der Waals surface area contributed by atoms with Gasteiger partial charge >= 0.3 is 0 Å². The molecule has 0 saturated carbocycles. The molecule has 2 aliphatic heterocycles. The van der Waals surface area contributed by atoms with Crippen molar-refractivity contribution >= 4 is 17.4 Å². The zero-order chi connectivity index (χ0) is 22.5. The molecule has 7 heteroatoms. The van der Waals surface area contributed by atoms with Crippen molar-refractivity contribution in [2.45, 2.75) is 13.8 Å². The first-order chi connectivity index (χ1) is 16.1. The number of carbonyl (C=O) groups excluding carboxylic acids is 1. The predicted molar refractivity (Wildman–Crippen MR) is 127 cm³/mol. The fourth-order valence-electron chi connectivity index (χ4n) is 5.34. The number of pyridine rings is 1. The van der Waals surface area contributed by atoms with Crippen LogP contribution in [0.3, 0.4) is 0 Å². The van der Waals surface area contributed by atoms with Crippen molar-refractivity contribution in [3.05, 3.63) is 77.7 Å². The van der Waals surface area contributed by atoms with Crippen molar-refractivity contribution in [1.82, 2.24) is 24.5 Å². The average Bonchev–Trinajstić information content (AvgIpc) is 3.50. The van der Waals surface area contributed by atoms with Crippen molar-refractivity contribution in [2.24, 2.45) is 11.8 Å². The van der Waals surface area contributed by atoms with E-state index in [9.17, 15) is 4.79 Å². The molecule has 2 aliphatic rings. The highest BCUT2D eigenvalue weighted by Crippen LogP contribution is 2.35. The molecule has 3 aromatic heterocycles. The highest BCUT2D eigenvalue weighted by Gasteiger charge is 2.43. The minimum absolute atomic E-state index is 0.0682. The second-order valence-electron chi connectivity index (χ2n) is 9.21. The number of aryl methyl sites for hydroxylation is 2. The van der Waals surface area contributed by atoms with Gasteiger partial charge in [-0.3, -0.25) is 4.79 Å². The van der Waals surface area contributed by atoms with Crippen LogP contribution in [0.4, 0.5) is 5.95 Å². The van der Waals surface area contributed by atoms with Crippen molar-refractivity contribution in [2.75, 3.05) is 31.1 Å². The summed E-state index contributed by atoms with van der Waals surface area (Å²) in [5, 5.41) is 4.76. The Kier molecular flexibility index (Phi) is 4.64. The Morgan fingerprint density at radius 3 is 2.24 bits per heavy atom. The third-order valence-electron chi connectivity index (χ3n) is 6.83. The summed E-state index contributed by atoms with van der Waals surface area (Å²) in [7, 11) is 0. The van der Waals surface area contributed by atoms with Crippen LogP contribution < -0.4 is 4.90 Å². The van der Waals surface area contributed by atoms with Gasteiger partial charge < -0.3 is 9.80 Å². The van der Waals surface area contributed by atoms with Gasteiger partial charge in [0.25, 0.3) is 5.91 Å². The molecule has 1 amide bonds. The van der Waals surface area contributed by atoms with Crippen molar-refractivity contribution in [3.8, 4) is 11.3 Å². The molecule has 0 spiro atoms. The van der Waals surface area contributed by atoms with Gasteiger partial charge in [-0.1, -0.05) is 36.4 Å². The van der Waals surface area contributed by atoms with E-state index >= 15 is 0 Å². The Labute approximate surface area is 192 Å². The standard InChI is InChI=1S/C26H26N6O/c1-17-12-18(2)28-26(27-17)31-15-20-13-30(14-21(20)16-31)25(33)23-22-10-6-7-11-32(22)29-24(23)19-8-4-3-5-9-19/h3-12,20-21H,13-16H2,1-2H3. The van der Waals surface area contributed by atoms with Crippen LogP contribution >= 0.6 is 0 Å². The second kappa shape index (κ2) is 7.69. The first-order valence-electron chi connectivity index (χ1n) is 11.5. The molecule has 0 radical (unpaired) electrons. The number of fused-ring (bicyclic) bond motifs is 2. The topological polar surface area (TPSA) is 66.6 Å². The molecule has 0 N–H and O–H groups in total. The predicted octanol–water partition coefficient (Wildman–Crippen LogP) is 3.62. The van der Waals surface area contributed by atoms with Crippen LogP contribution in [-0.2, 0) is 0 Å². The van der Waals surface area contributed by atoms with Gasteiger partial charge in [0.05, 0.1) is 11.1 Å². The molecule has 5 heterocycles. The van der Waals surface area contributed by atoms with E-state index < -0.39 is 0 Å². The number of nitrogens with zero attached hydrogens (tertiary/aromatic N) is 6. The molecule has 0 bridgehead atoms. The number of likely N-dealkylation sites (tertiary alicyclic amines) is 1. The summed E-state index contributed by atoms with van der Waals surface area (Å²) >= 11 is 0. The third-order valence-corrected chi connectivity index (χ3v) is 6.83. The maximum atomic E-state index is 13.8. The highest BCUT2D eigenvalue weighted by atomic mass is 16.2. The highest BCUT2D eigenvalue weighted by molar-refractivity contribution is 6.06.